The second kappa shape index (κ2) is 2.77. The van der Waals surface area contributed by atoms with Gasteiger partial charge in [-0.05, 0) is 11.0 Å². The Balaban J connectivity index is 2.63. The number of aromatic nitrogens is 2. The molecule has 1 N–H and O–H groups in total. The van der Waals surface area contributed by atoms with Crippen LogP contribution in [0.5, 0.6) is 0 Å². The third-order valence-corrected chi connectivity index (χ3v) is 2.64. The normalized spacial score (nSPS) is 19.1. The van der Waals surface area contributed by atoms with Crippen LogP contribution in [0, 0.1) is 0 Å². The molecule has 1 aromatic rings. The summed E-state index contributed by atoms with van der Waals surface area (Å²) < 4.78 is 0. The van der Waals surface area contributed by atoms with E-state index >= 15 is 0 Å². The Hall–Kier alpha value is -1.45. The molecule has 0 radical (unpaired) electrons. The van der Waals surface area contributed by atoms with E-state index in [1.807, 2.05) is 13.8 Å². The summed E-state index contributed by atoms with van der Waals surface area (Å²) in [5.74, 6) is 0.171. The standard InChI is InChI=1S/C10H12N2O2/c1-10(2)4-6(13)3-8-7(10)5-11-9(14)12-8/h5H,3-4H2,1-2H3,(H,11,12,14). The van der Waals surface area contributed by atoms with Crippen molar-refractivity contribution in [1.82, 2.24) is 9.97 Å². The van der Waals surface area contributed by atoms with E-state index in [-0.39, 0.29) is 16.9 Å². The van der Waals surface area contributed by atoms with Gasteiger partial charge in [0, 0.05) is 24.7 Å². The van der Waals surface area contributed by atoms with Crippen molar-refractivity contribution in [1.29, 1.82) is 0 Å². The van der Waals surface area contributed by atoms with Crippen molar-refractivity contribution in [2.45, 2.75) is 32.1 Å². The van der Waals surface area contributed by atoms with E-state index in [1.165, 1.54) is 0 Å². The second-order valence-corrected chi connectivity index (χ2v) is 4.36. The summed E-state index contributed by atoms with van der Waals surface area (Å²) in [7, 11) is 0. The van der Waals surface area contributed by atoms with Gasteiger partial charge >= 0.3 is 5.69 Å². The maximum Gasteiger partial charge on any atom is 0.345 e. The predicted octanol–water partition coefficient (Wildman–Crippen LogP) is 0.563. The Kier molecular flexibility index (Phi) is 1.80. The van der Waals surface area contributed by atoms with Crippen molar-refractivity contribution in [2.24, 2.45) is 0 Å². The van der Waals surface area contributed by atoms with E-state index in [0.717, 1.165) is 11.3 Å². The molecule has 1 heterocycles. The molecule has 0 amide bonds. The van der Waals surface area contributed by atoms with E-state index in [9.17, 15) is 9.59 Å². The highest BCUT2D eigenvalue weighted by molar-refractivity contribution is 5.84. The first-order chi connectivity index (χ1) is 6.49. The molecule has 2 rings (SSSR count). The molecule has 1 aromatic heterocycles. The Morgan fingerprint density at radius 3 is 2.86 bits per heavy atom. The van der Waals surface area contributed by atoms with Crippen molar-refractivity contribution in [3.63, 3.8) is 0 Å². The summed E-state index contributed by atoms with van der Waals surface area (Å²) in [6.07, 6.45) is 2.44. The van der Waals surface area contributed by atoms with Gasteiger partial charge in [-0.1, -0.05) is 13.8 Å². The molecule has 0 unspecified atom stereocenters. The van der Waals surface area contributed by atoms with Gasteiger partial charge in [0.2, 0.25) is 0 Å². The quantitative estimate of drug-likeness (QED) is 0.653. The smallest absolute Gasteiger partial charge is 0.309 e. The molecule has 14 heavy (non-hydrogen) atoms. The van der Waals surface area contributed by atoms with Crippen molar-refractivity contribution in [3.8, 4) is 0 Å². The number of carbonyl (C=O) groups excluding carboxylic acids is 1. The van der Waals surface area contributed by atoms with Crippen LogP contribution in [-0.4, -0.2) is 15.8 Å². The SMILES string of the molecule is CC1(C)CC(=O)Cc2[nH]c(=O)ncc21. The van der Waals surface area contributed by atoms with Crippen molar-refractivity contribution in [3.05, 3.63) is 27.9 Å². The van der Waals surface area contributed by atoms with Gasteiger partial charge in [-0.25, -0.2) is 9.78 Å². The molecule has 0 spiro atoms. The summed E-state index contributed by atoms with van der Waals surface area (Å²) in [6.45, 7) is 3.98. The fourth-order valence-corrected chi connectivity index (χ4v) is 2.00. The van der Waals surface area contributed by atoms with Crippen LogP contribution in [0.4, 0.5) is 0 Å². The number of aromatic amines is 1. The minimum Gasteiger partial charge on any atom is -0.309 e. The van der Waals surface area contributed by atoms with Gasteiger partial charge in [0.25, 0.3) is 0 Å². The lowest BCUT2D eigenvalue weighted by molar-refractivity contribution is -0.120. The van der Waals surface area contributed by atoms with Gasteiger partial charge in [0.1, 0.15) is 5.78 Å². The molecule has 0 bridgehead atoms. The second-order valence-electron chi connectivity index (χ2n) is 4.36. The molecule has 0 saturated carbocycles. The van der Waals surface area contributed by atoms with Gasteiger partial charge in [-0.15, -0.1) is 0 Å². The number of H-pyrrole nitrogens is 1. The summed E-state index contributed by atoms with van der Waals surface area (Å²) in [5, 5.41) is 0. The van der Waals surface area contributed by atoms with Crippen LogP contribution in [0.3, 0.4) is 0 Å². The molecular weight excluding hydrogens is 180 g/mol. The van der Waals surface area contributed by atoms with Crippen LogP contribution in [-0.2, 0) is 16.6 Å². The average Bonchev–Trinajstić information content (AvgIpc) is 2.00. The molecule has 0 atom stereocenters. The fraction of sp³-hybridized carbons (Fsp3) is 0.500. The first-order valence-corrected chi connectivity index (χ1v) is 4.59. The van der Waals surface area contributed by atoms with Gasteiger partial charge in [-0.3, -0.25) is 4.79 Å². The van der Waals surface area contributed by atoms with Crippen molar-refractivity contribution in [2.75, 3.05) is 0 Å². The van der Waals surface area contributed by atoms with Crippen LogP contribution in [0.25, 0.3) is 0 Å². The zero-order valence-corrected chi connectivity index (χ0v) is 8.26. The highest BCUT2D eigenvalue weighted by atomic mass is 16.1. The molecule has 0 saturated heterocycles. The third-order valence-electron chi connectivity index (χ3n) is 2.64. The average molecular weight is 192 g/mol. The van der Waals surface area contributed by atoms with Gasteiger partial charge in [0.15, 0.2) is 0 Å². The zero-order chi connectivity index (χ0) is 10.3. The maximum atomic E-state index is 11.4. The lowest BCUT2D eigenvalue weighted by Crippen LogP contribution is -2.33. The highest BCUT2D eigenvalue weighted by Crippen LogP contribution is 2.32. The summed E-state index contributed by atoms with van der Waals surface area (Å²) in [4.78, 5) is 28.7. The summed E-state index contributed by atoms with van der Waals surface area (Å²) in [6, 6.07) is 0. The number of hydrogen-bond donors (Lipinski definition) is 1. The van der Waals surface area contributed by atoms with Crippen LogP contribution in [0.2, 0.25) is 0 Å². The molecule has 1 aliphatic rings. The first-order valence-electron chi connectivity index (χ1n) is 4.59. The number of nitrogens with zero attached hydrogens (tertiary/aromatic N) is 1. The van der Waals surface area contributed by atoms with E-state index in [0.29, 0.717) is 12.8 Å². The van der Waals surface area contributed by atoms with Crippen molar-refractivity contribution >= 4 is 5.78 Å². The Morgan fingerprint density at radius 1 is 1.43 bits per heavy atom. The van der Waals surface area contributed by atoms with E-state index in [1.54, 1.807) is 6.20 Å². The monoisotopic (exact) mass is 192 g/mol. The molecule has 74 valence electrons. The lowest BCUT2D eigenvalue weighted by Gasteiger charge is -2.30. The number of nitrogens with one attached hydrogen (secondary N) is 1. The minimum absolute atomic E-state index is 0.171. The largest absolute Gasteiger partial charge is 0.345 e. The highest BCUT2D eigenvalue weighted by Gasteiger charge is 2.32. The van der Waals surface area contributed by atoms with Crippen molar-refractivity contribution < 1.29 is 4.79 Å². The van der Waals surface area contributed by atoms with Crippen LogP contribution in [0.1, 0.15) is 31.5 Å². The summed E-state index contributed by atoms with van der Waals surface area (Å²) in [5.41, 5.74) is 1.12. The Bertz CT molecular complexity index is 446. The fourth-order valence-electron chi connectivity index (χ4n) is 2.00. The maximum absolute atomic E-state index is 11.4. The number of hydrogen-bond acceptors (Lipinski definition) is 3. The Morgan fingerprint density at radius 2 is 2.14 bits per heavy atom. The van der Waals surface area contributed by atoms with Crippen LogP contribution >= 0.6 is 0 Å². The van der Waals surface area contributed by atoms with E-state index in [2.05, 4.69) is 9.97 Å². The van der Waals surface area contributed by atoms with E-state index < -0.39 is 0 Å². The molecular formula is C10H12N2O2. The number of carbonyl (C=O) groups is 1. The minimum atomic E-state index is -0.380. The molecule has 0 fully saturated rings. The third kappa shape index (κ3) is 1.36. The number of rotatable bonds is 0. The number of Topliss-reactive ketones (excluding diaryl/α,β-unsaturated/α-hetero) is 1. The van der Waals surface area contributed by atoms with Gasteiger partial charge < -0.3 is 4.98 Å². The lowest BCUT2D eigenvalue weighted by atomic mass is 9.75. The van der Waals surface area contributed by atoms with E-state index in [4.69, 9.17) is 0 Å². The number of ketones is 1. The first kappa shape index (κ1) is 9.12. The molecule has 4 heteroatoms. The van der Waals surface area contributed by atoms with Crippen LogP contribution < -0.4 is 5.69 Å². The molecule has 1 aliphatic carbocycles. The predicted molar refractivity (Wildman–Crippen MR) is 51.2 cm³/mol. The molecule has 0 aromatic carbocycles. The molecule has 4 nitrogen and oxygen atoms in total. The summed E-state index contributed by atoms with van der Waals surface area (Å²) >= 11 is 0. The van der Waals surface area contributed by atoms with Gasteiger partial charge in [-0.2, -0.15) is 0 Å². The zero-order valence-electron chi connectivity index (χ0n) is 8.26. The topological polar surface area (TPSA) is 62.8 Å². The Labute approximate surface area is 81.4 Å². The molecule has 0 aliphatic heterocycles. The number of fused-ring (bicyclic) bond motifs is 1. The van der Waals surface area contributed by atoms with Gasteiger partial charge in [0.05, 0.1) is 0 Å². The van der Waals surface area contributed by atoms with Crippen LogP contribution in [0.15, 0.2) is 11.0 Å².